The third-order valence-electron chi connectivity index (χ3n) is 5.41. The van der Waals surface area contributed by atoms with Crippen LogP contribution in [0.15, 0.2) is 0 Å². The van der Waals surface area contributed by atoms with E-state index < -0.39 is 0 Å². The fraction of sp³-hybridized carbons (Fsp3) is 0.938. The highest BCUT2D eigenvalue weighted by Gasteiger charge is 2.32. The van der Waals surface area contributed by atoms with Crippen molar-refractivity contribution in [3.8, 4) is 0 Å². The highest BCUT2D eigenvalue weighted by molar-refractivity contribution is 5.79. The Kier molecular flexibility index (Phi) is 5.14. The Labute approximate surface area is 128 Å². The molecule has 3 unspecified atom stereocenters. The number of nitrogens with one attached hydrogen (secondary N) is 1. The number of hydrogen-bond acceptors (Lipinski definition) is 3. The van der Waals surface area contributed by atoms with Crippen molar-refractivity contribution in [1.82, 2.24) is 20.4 Å². The van der Waals surface area contributed by atoms with Crippen LogP contribution < -0.4 is 10.6 Å². The lowest BCUT2D eigenvalue weighted by Crippen LogP contribution is -2.54. The van der Waals surface area contributed by atoms with Gasteiger partial charge in [-0.2, -0.15) is 0 Å². The lowest BCUT2D eigenvalue weighted by molar-refractivity contribution is -0.138. The van der Waals surface area contributed by atoms with Gasteiger partial charge < -0.3 is 10.2 Å². The summed E-state index contributed by atoms with van der Waals surface area (Å²) >= 11 is 0. The van der Waals surface area contributed by atoms with E-state index >= 15 is 0 Å². The van der Waals surface area contributed by atoms with E-state index in [1.165, 1.54) is 19.3 Å². The van der Waals surface area contributed by atoms with Gasteiger partial charge in [0.1, 0.15) is 0 Å². The summed E-state index contributed by atoms with van der Waals surface area (Å²) < 4.78 is 0. The van der Waals surface area contributed by atoms with E-state index in [-0.39, 0.29) is 12.0 Å². The van der Waals surface area contributed by atoms with Crippen LogP contribution in [0.5, 0.6) is 0 Å². The zero-order valence-electron chi connectivity index (χ0n) is 13.3. The van der Waals surface area contributed by atoms with Crippen molar-refractivity contribution < 1.29 is 4.79 Å². The second-order valence-electron chi connectivity index (χ2n) is 6.77. The first-order valence-corrected chi connectivity index (χ1v) is 8.66. The van der Waals surface area contributed by atoms with E-state index in [0.29, 0.717) is 11.9 Å². The summed E-state index contributed by atoms with van der Waals surface area (Å²) in [6.07, 6.45) is 4.78. The Hall–Kier alpha value is -0.650. The average molecular weight is 293 g/mol. The van der Waals surface area contributed by atoms with Crippen molar-refractivity contribution in [1.29, 1.82) is 0 Å². The van der Waals surface area contributed by atoms with Gasteiger partial charge in [-0.05, 0) is 25.8 Å². The summed E-state index contributed by atoms with van der Waals surface area (Å²) in [6, 6.07) is 0.955. The predicted octanol–water partition coefficient (Wildman–Crippen LogP) is 0.286. The predicted molar refractivity (Wildman–Crippen MR) is 83.2 cm³/mol. The summed E-state index contributed by atoms with van der Waals surface area (Å²) in [4.78, 5) is 17.3. The van der Waals surface area contributed by atoms with Crippen LogP contribution in [0.4, 0.5) is 0 Å². The normalized spacial score (nSPS) is 33.1. The molecule has 3 aliphatic rings. The monoisotopic (exact) mass is 293 g/mol. The first kappa shape index (κ1) is 15.3. The second kappa shape index (κ2) is 7.07. The Bertz CT molecular complexity index is 342. The maximum Gasteiger partial charge on any atom is 0.227 e. The molecule has 0 bridgehead atoms. The first-order valence-electron chi connectivity index (χ1n) is 8.66. The average Bonchev–Trinajstić information content (AvgIpc) is 3.09. The van der Waals surface area contributed by atoms with Crippen molar-refractivity contribution in [2.24, 2.45) is 5.92 Å². The van der Waals surface area contributed by atoms with E-state index in [9.17, 15) is 4.79 Å². The molecule has 3 fully saturated rings. The quantitative estimate of drug-likeness (QED) is 0.813. The molecule has 119 valence electrons. The molecular formula is C16H29N4O. The Morgan fingerprint density at radius 1 is 1.19 bits per heavy atom. The number of nitrogens with zero attached hydrogens (tertiary/aromatic N) is 3. The molecule has 0 spiro atoms. The van der Waals surface area contributed by atoms with E-state index in [4.69, 9.17) is 0 Å². The van der Waals surface area contributed by atoms with Crippen molar-refractivity contribution >= 4 is 5.91 Å². The topological polar surface area (TPSA) is 49.7 Å². The highest BCUT2D eigenvalue weighted by atomic mass is 16.2. The Balaban J connectivity index is 1.47. The van der Waals surface area contributed by atoms with Gasteiger partial charge in [-0.1, -0.05) is 13.3 Å². The maximum absolute atomic E-state index is 12.7. The molecule has 0 saturated carbocycles. The molecule has 0 aliphatic carbocycles. The number of piperidine rings is 1. The number of rotatable bonds is 3. The largest absolute Gasteiger partial charge is 0.340 e. The summed E-state index contributed by atoms with van der Waals surface area (Å²) in [5.41, 5.74) is 0. The van der Waals surface area contributed by atoms with E-state index in [0.717, 1.165) is 52.2 Å². The van der Waals surface area contributed by atoms with E-state index in [2.05, 4.69) is 27.4 Å². The third-order valence-corrected chi connectivity index (χ3v) is 5.41. The minimum absolute atomic E-state index is 0.0741. The third kappa shape index (κ3) is 3.58. The minimum Gasteiger partial charge on any atom is -0.340 e. The maximum atomic E-state index is 12.7. The zero-order valence-corrected chi connectivity index (χ0v) is 13.3. The number of carbonyl (C=O) groups is 1. The molecule has 1 radical (unpaired) electrons. The molecule has 1 amide bonds. The van der Waals surface area contributed by atoms with Crippen molar-refractivity contribution in [2.45, 2.75) is 44.7 Å². The van der Waals surface area contributed by atoms with Crippen LogP contribution in [-0.2, 0) is 4.79 Å². The van der Waals surface area contributed by atoms with Crippen LogP contribution in [0, 0.1) is 5.92 Å². The lowest BCUT2D eigenvalue weighted by atomic mass is 9.92. The molecule has 0 aromatic heterocycles. The lowest BCUT2D eigenvalue weighted by Gasteiger charge is -2.39. The Morgan fingerprint density at radius 2 is 2.00 bits per heavy atom. The highest BCUT2D eigenvalue weighted by Crippen LogP contribution is 2.20. The zero-order chi connectivity index (χ0) is 14.7. The standard InChI is InChI=1S/C16H29N4O/c1-13(15-4-2-3-6-18-15)16(21)20-10-8-19(9-11-20)14-5-7-17-12-14/h13-15,17H,2-12H2,1H3. The van der Waals surface area contributed by atoms with Crippen LogP contribution in [0.2, 0.25) is 0 Å². The van der Waals surface area contributed by atoms with Gasteiger partial charge in [0.25, 0.3) is 0 Å². The van der Waals surface area contributed by atoms with Gasteiger partial charge in [-0.25, -0.2) is 5.32 Å². The molecule has 3 aliphatic heterocycles. The number of hydrogen-bond donors (Lipinski definition) is 1. The van der Waals surface area contributed by atoms with Gasteiger partial charge in [0.05, 0.1) is 5.92 Å². The van der Waals surface area contributed by atoms with Gasteiger partial charge in [0.15, 0.2) is 0 Å². The van der Waals surface area contributed by atoms with Crippen molar-refractivity contribution in [2.75, 3.05) is 45.8 Å². The smallest absolute Gasteiger partial charge is 0.227 e. The molecule has 0 aromatic rings. The first-order chi connectivity index (χ1) is 10.3. The molecular weight excluding hydrogens is 264 g/mol. The summed E-state index contributed by atoms with van der Waals surface area (Å²) in [5.74, 6) is 0.403. The summed E-state index contributed by atoms with van der Waals surface area (Å²) in [6.45, 7) is 9.15. The van der Waals surface area contributed by atoms with Crippen molar-refractivity contribution in [3.05, 3.63) is 0 Å². The number of piperazine rings is 1. The van der Waals surface area contributed by atoms with Crippen molar-refractivity contribution in [3.63, 3.8) is 0 Å². The molecule has 3 saturated heterocycles. The molecule has 3 heterocycles. The number of carbonyl (C=O) groups excluding carboxylic acids is 1. The molecule has 3 rings (SSSR count). The van der Waals surface area contributed by atoms with E-state index in [1.807, 2.05) is 0 Å². The van der Waals surface area contributed by atoms with Gasteiger partial charge in [0, 0.05) is 51.4 Å². The molecule has 0 aromatic carbocycles. The molecule has 1 N–H and O–H groups in total. The minimum atomic E-state index is 0.0741. The molecule has 5 nitrogen and oxygen atoms in total. The summed E-state index contributed by atoms with van der Waals surface area (Å²) in [5, 5.41) is 8.09. The van der Waals surface area contributed by atoms with Gasteiger partial charge in [0.2, 0.25) is 5.91 Å². The van der Waals surface area contributed by atoms with Crippen LogP contribution in [0.25, 0.3) is 0 Å². The summed E-state index contributed by atoms with van der Waals surface area (Å²) in [7, 11) is 0. The SMILES string of the molecule is CC(C(=O)N1CCN(C2CCNC2)CC1)C1CCCC[N]1. The van der Waals surface area contributed by atoms with Crippen LogP contribution in [-0.4, -0.2) is 73.6 Å². The van der Waals surface area contributed by atoms with Crippen LogP contribution in [0.3, 0.4) is 0 Å². The fourth-order valence-corrected chi connectivity index (χ4v) is 3.93. The van der Waals surface area contributed by atoms with Crippen LogP contribution >= 0.6 is 0 Å². The fourth-order valence-electron chi connectivity index (χ4n) is 3.93. The molecule has 3 atom stereocenters. The van der Waals surface area contributed by atoms with E-state index in [1.54, 1.807) is 0 Å². The van der Waals surface area contributed by atoms with Gasteiger partial charge >= 0.3 is 0 Å². The molecule has 5 heteroatoms. The second-order valence-corrected chi connectivity index (χ2v) is 6.77. The molecule has 21 heavy (non-hydrogen) atoms. The Morgan fingerprint density at radius 3 is 2.62 bits per heavy atom. The van der Waals surface area contributed by atoms with Gasteiger partial charge in [-0.15, -0.1) is 0 Å². The van der Waals surface area contributed by atoms with Crippen LogP contribution in [0.1, 0.15) is 32.6 Å². The number of amides is 1. The van der Waals surface area contributed by atoms with Gasteiger partial charge in [-0.3, -0.25) is 9.69 Å².